The Bertz CT molecular complexity index is 385. The van der Waals surface area contributed by atoms with E-state index in [1.165, 1.54) is 32.4 Å². The summed E-state index contributed by atoms with van der Waals surface area (Å²) in [6.07, 6.45) is 0. The molecule has 1 rings (SSSR count). The summed E-state index contributed by atoms with van der Waals surface area (Å²) in [5.41, 5.74) is 5.54. The van der Waals surface area contributed by atoms with Crippen molar-refractivity contribution in [2.45, 2.75) is 12.0 Å². The molecule has 3 N–H and O–H groups in total. The largest absolute Gasteiger partial charge is 0.497 e. The molecule has 0 saturated heterocycles. The summed E-state index contributed by atoms with van der Waals surface area (Å²) in [6.45, 7) is -1.32. The van der Waals surface area contributed by atoms with E-state index in [0.29, 0.717) is 5.75 Å². The van der Waals surface area contributed by atoms with Crippen molar-refractivity contribution in [1.29, 1.82) is 0 Å². The van der Waals surface area contributed by atoms with Gasteiger partial charge in [-0.05, 0) is 12.1 Å². The van der Waals surface area contributed by atoms with Gasteiger partial charge in [0, 0.05) is 11.6 Å². The van der Waals surface area contributed by atoms with Gasteiger partial charge in [-0.1, -0.05) is 0 Å². The van der Waals surface area contributed by atoms with E-state index >= 15 is 0 Å². The third-order valence-electron chi connectivity index (χ3n) is 2.44. The molecule has 0 spiro atoms. The number of halogens is 2. The number of benzene rings is 1. The number of hydrogen-bond donors (Lipinski definition) is 2. The molecule has 0 heterocycles. The smallest absolute Gasteiger partial charge is 0.289 e. The van der Waals surface area contributed by atoms with Gasteiger partial charge in [0.1, 0.15) is 24.1 Å². The second-order valence-electron chi connectivity index (χ2n) is 3.50. The van der Waals surface area contributed by atoms with Crippen LogP contribution in [-0.2, 0) is 0 Å². The molecule has 0 amide bonds. The summed E-state index contributed by atoms with van der Waals surface area (Å²) >= 11 is 0. The van der Waals surface area contributed by atoms with Crippen LogP contribution in [0.15, 0.2) is 18.2 Å². The van der Waals surface area contributed by atoms with Crippen molar-refractivity contribution in [2.75, 3.05) is 20.8 Å². The van der Waals surface area contributed by atoms with Crippen LogP contribution in [0.4, 0.5) is 8.78 Å². The minimum Gasteiger partial charge on any atom is -0.497 e. The summed E-state index contributed by atoms with van der Waals surface area (Å²) in [5, 5.41) is 8.59. The van der Waals surface area contributed by atoms with Crippen LogP contribution in [0.3, 0.4) is 0 Å². The number of rotatable bonds is 5. The first-order valence-corrected chi connectivity index (χ1v) is 4.92. The van der Waals surface area contributed by atoms with E-state index < -0.39 is 18.6 Å². The van der Waals surface area contributed by atoms with Gasteiger partial charge in [0.15, 0.2) is 0 Å². The zero-order chi connectivity index (χ0) is 13.1. The molecule has 0 unspecified atom stereocenters. The van der Waals surface area contributed by atoms with Crippen LogP contribution in [0.2, 0.25) is 0 Å². The number of hydrogen-bond acceptors (Lipinski definition) is 4. The normalized spacial score (nSPS) is 13.3. The Hall–Kier alpha value is -1.40. The molecular formula is C11H15F2NO3. The highest BCUT2D eigenvalue weighted by atomic mass is 19.3. The van der Waals surface area contributed by atoms with Gasteiger partial charge in [-0.15, -0.1) is 0 Å². The van der Waals surface area contributed by atoms with Gasteiger partial charge in [-0.2, -0.15) is 0 Å². The average molecular weight is 247 g/mol. The number of ether oxygens (including phenoxy) is 2. The maximum Gasteiger partial charge on any atom is 0.289 e. The van der Waals surface area contributed by atoms with Crippen molar-refractivity contribution in [2.24, 2.45) is 5.73 Å². The summed E-state index contributed by atoms with van der Waals surface area (Å²) < 4.78 is 36.5. The zero-order valence-corrected chi connectivity index (χ0v) is 9.61. The molecule has 0 aliphatic carbocycles. The number of nitrogens with two attached hydrogens (primary N) is 1. The van der Waals surface area contributed by atoms with Crippen LogP contribution in [-0.4, -0.2) is 31.9 Å². The summed E-state index contributed by atoms with van der Waals surface area (Å²) in [4.78, 5) is 0. The number of aliphatic hydroxyl groups excluding tert-OH is 1. The van der Waals surface area contributed by atoms with Crippen molar-refractivity contribution in [1.82, 2.24) is 0 Å². The maximum atomic E-state index is 13.3. The second kappa shape index (κ2) is 5.29. The van der Waals surface area contributed by atoms with E-state index in [-0.39, 0.29) is 11.3 Å². The Morgan fingerprint density at radius 3 is 2.47 bits per heavy atom. The van der Waals surface area contributed by atoms with E-state index in [2.05, 4.69) is 0 Å². The Morgan fingerprint density at radius 1 is 1.35 bits per heavy atom. The van der Waals surface area contributed by atoms with E-state index in [0.717, 1.165) is 0 Å². The quantitative estimate of drug-likeness (QED) is 0.824. The topological polar surface area (TPSA) is 64.7 Å². The Balaban J connectivity index is 3.13. The van der Waals surface area contributed by atoms with Crippen molar-refractivity contribution in [3.05, 3.63) is 23.8 Å². The highest BCUT2D eigenvalue weighted by Crippen LogP contribution is 2.35. The highest BCUT2D eigenvalue weighted by Gasteiger charge is 2.38. The summed E-state index contributed by atoms with van der Waals surface area (Å²) in [5.74, 6) is -2.72. The fourth-order valence-electron chi connectivity index (χ4n) is 1.40. The first-order valence-electron chi connectivity index (χ1n) is 4.92. The minimum absolute atomic E-state index is 0.118. The molecule has 1 aromatic rings. The molecule has 1 atom stereocenters. The SMILES string of the molecule is COc1ccc([C@@H](N)C(F)(F)CO)c(OC)c1. The van der Waals surface area contributed by atoms with E-state index in [4.69, 9.17) is 20.3 Å². The van der Waals surface area contributed by atoms with Gasteiger partial charge in [0.05, 0.1) is 14.2 Å². The van der Waals surface area contributed by atoms with E-state index in [1.807, 2.05) is 0 Å². The van der Waals surface area contributed by atoms with Crippen LogP contribution >= 0.6 is 0 Å². The third kappa shape index (κ3) is 2.83. The molecular weight excluding hydrogens is 232 g/mol. The van der Waals surface area contributed by atoms with Crippen LogP contribution in [0.5, 0.6) is 11.5 Å². The molecule has 0 radical (unpaired) electrons. The molecule has 17 heavy (non-hydrogen) atoms. The van der Waals surface area contributed by atoms with E-state index in [1.54, 1.807) is 0 Å². The van der Waals surface area contributed by atoms with Crippen molar-refractivity contribution in [3.8, 4) is 11.5 Å². The second-order valence-corrected chi connectivity index (χ2v) is 3.50. The van der Waals surface area contributed by atoms with Crippen molar-refractivity contribution < 1.29 is 23.4 Å². The van der Waals surface area contributed by atoms with Gasteiger partial charge >= 0.3 is 0 Å². The predicted molar refractivity (Wildman–Crippen MR) is 58.5 cm³/mol. The van der Waals surface area contributed by atoms with Crippen LogP contribution in [0.25, 0.3) is 0 Å². The van der Waals surface area contributed by atoms with Gasteiger partial charge < -0.3 is 20.3 Å². The minimum atomic E-state index is -3.40. The Morgan fingerprint density at radius 2 is 2.00 bits per heavy atom. The average Bonchev–Trinajstić information content (AvgIpc) is 2.36. The molecule has 6 heteroatoms. The monoisotopic (exact) mass is 247 g/mol. The van der Waals surface area contributed by atoms with Crippen molar-refractivity contribution in [3.63, 3.8) is 0 Å². The van der Waals surface area contributed by atoms with Gasteiger partial charge in [0.25, 0.3) is 5.92 Å². The Labute approximate surface area is 97.9 Å². The summed E-state index contributed by atoms with van der Waals surface area (Å²) in [7, 11) is 2.80. The predicted octanol–water partition coefficient (Wildman–Crippen LogP) is 1.33. The molecule has 96 valence electrons. The number of methoxy groups -OCH3 is 2. The first kappa shape index (κ1) is 13.7. The first-order chi connectivity index (χ1) is 7.96. The number of alkyl halides is 2. The third-order valence-corrected chi connectivity index (χ3v) is 2.44. The molecule has 1 aromatic carbocycles. The van der Waals surface area contributed by atoms with Crippen LogP contribution in [0, 0.1) is 0 Å². The molecule has 0 bridgehead atoms. The molecule has 0 aliphatic rings. The lowest BCUT2D eigenvalue weighted by molar-refractivity contribution is -0.0715. The fraction of sp³-hybridized carbons (Fsp3) is 0.455. The molecule has 0 saturated carbocycles. The molecule has 0 aliphatic heterocycles. The van der Waals surface area contributed by atoms with Crippen LogP contribution < -0.4 is 15.2 Å². The maximum absolute atomic E-state index is 13.3. The highest BCUT2D eigenvalue weighted by molar-refractivity contribution is 5.43. The fourth-order valence-corrected chi connectivity index (χ4v) is 1.40. The van der Waals surface area contributed by atoms with Crippen molar-refractivity contribution >= 4 is 0 Å². The lowest BCUT2D eigenvalue weighted by Crippen LogP contribution is -2.36. The van der Waals surface area contributed by atoms with Crippen LogP contribution in [0.1, 0.15) is 11.6 Å². The van der Waals surface area contributed by atoms with E-state index in [9.17, 15) is 8.78 Å². The molecule has 4 nitrogen and oxygen atoms in total. The van der Waals surface area contributed by atoms with Gasteiger partial charge in [0.2, 0.25) is 0 Å². The standard InChI is InChI=1S/C11H15F2NO3/c1-16-7-3-4-8(9(5-7)17-2)10(14)11(12,13)6-15/h3-5,10,15H,6,14H2,1-2H3/t10-/m1/s1. The lowest BCUT2D eigenvalue weighted by Gasteiger charge is -2.23. The Kier molecular flexibility index (Phi) is 4.25. The number of aliphatic hydroxyl groups is 1. The lowest BCUT2D eigenvalue weighted by atomic mass is 10.0. The zero-order valence-electron chi connectivity index (χ0n) is 9.61. The summed E-state index contributed by atoms with van der Waals surface area (Å²) in [6, 6.07) is 2.73. The van der Waals surface area contributed by atoms with Gasteiger partial charge in [-0.25, -0.2) is 8.78 Å². The molecule has 0 fully saturated rings. The van der Waals surface area contributed by atoms with Gasteiger partial charge in [-0.3, -0.25) is 0 Å². The molecule has 0 aromatic heterocycles.